The number of nitrogens with one attached hydrogen (secondary N) is 1. The van der Waals surface area contributed by atoms with E-state index < -0.39 is 5.97 Å². The highest BCUT2D eigenvalue weighted by molar-refractivity contribution is 5.86. The van der Waals surface area contributed by atoms with Crippen molar-refractivity contribution in [2.24, 2.45) is 7.05 Å². The van der Waals surface area contributed by atoms with E-state index in [2.05, 4.69) is 25.0 Å². The van der Waals surface area contributed by atoms with Crippen LogP contribution in [0.2, 0.25) is 0 Å². The van der Waals surface area contributed by atoms with Crippen molar-refractivity contribution in [1.29, 1.82) is 0 Å². The molecule has 0 spiro atoms. The molecule has 0 atom stereocenters. The van der Waals surface area contributed by atoms with Crippen LogP contribution < -0.4 is 5.32 Å². The van der Waals surface area contributed by atoms with Crippen LogP contribution in [-0.2, 0) is 18.2 Å². The molecule has 1 N–H and O–H groups in total. The van der Waals surface area contributed by atoms with Crippen LogP contribution in [-0.4, -0.2) is 39.1 Å². The second-order valence-corrected chi connectivity index (χ2v) is 3.91. The van der Waals surface area contributed by atoms with E-state index in [-0.39, 0.29) is 5.69 Å². The molecular weight excluding hydrogens is 246 g/mol. The van der Waals surface area contributed by atoms with E-state index in [9.17, 15) is 4.79 Å². The van der Waals surface area contributed by atoms with Crippen LogP contribution in [0.1, 0.15) is 16.3 Å². The first kappa shape index (κ1) is 13.0. The maximum Gasteiger partial charge on any atom is 0.358 e. The number of carbonyl (C=O) groups is 1. The Balaban J connectivity index is 1.86. The molecule has 0 bridgehead atoms. The number of rotatable bonds is 5. The summed E-state index contributed by atoms with van der Waals surface area (Å²) in [5.74, 6) is 1.11. The zero-order valence-corrected chi connectivity index (χ0v) is 10.8. The van der Waals surface area contributed by atoms with Crippen molar-refractivity contribution in [1.82, 2.24) is 19.5 Å². The Hall–Kier alpha value is -2.44. The largest absolute Gasteiger partial charge is 0.464 e. The highest BCUT2D eigenvalue weighted by atomic mass is 16.5. The van der Waals surface area contributed by atoms with Gasteiger partial charge in [0, 0.05) is 32.4 Å². The van der Waals surface area contributed by atoms with E-state index in [4.69, 9.17) is 0 Å². The number of aromatic nitrogens is 4. The van der Waals surface area contributed by atoms with Crippen molar-refractivity contribution in [3.8, 4) is 0 Å². The minimum Gasteiger partial charge on any atom is -0.464 e. The average Bonchev–Trinajstić information content (AvgIpc) is 2.84. The molecule has 0 unspecified atom stereocenters. The molecule has 0 aliphatic heterocycles. The van der Waals surface area contributed by atoms with Gasteiger partial charge >= 0.3 is 5.97 Å². The lowest BCUT2D eigenvalue weighted by Gasteiger charge is -2.05. The van der Waals surface area contributed by atoms with Crippen LogP contribution in [0, 0.1) is 0 Å². The van der Waals surface area contributed by atoms with Crippen LogP contribution in [0.5, 0.6) is 0 Å². The third-order valence-corrected chi connectivity index (χ3v) is 2.62. The molecule has 100 valence electrons. The Kier molecular flexibility index (Phi) is 4.07. The number of methoxy groups -OCH3 is 1. The number of imidazole rings is 1. The summed E-state index contributed by atoms with van der Waals surface area (Å²) >= 11 is 0. The minimum absolute atomic E-state index is 0.192. The molecule has 0 amide bonds. The van der Waals surface area contributed by atoms with Gasteiger partial charge < -0.3 is 14.6 Å². The standard InChI is InChI=1S/C12H15N5O2/c1-17-6-5-14-11(17)3-4-13-10-8-15-9(7-16-10)12(18)19-2/h5-8H,3-4H2,1-2H3,(H,13,16). The highest BCUT2D eigenvalue weighted by Crippen LogP contribution is 2.03. The molecule has 0 aromatic carbocycles. The van der Waals surface area contributed by atoms with E-state index in [0.29, 0.717) is 12.4 Å². The van der Waals surface area contributed by atoms with Crippen molar-refractivity contribution in [3.05, 3.63) is 36.3 Å². The topological polar surface area (TPSA) is 81.9 Å². The van der Waals surface area contributed by atoms with Crippen LogP contribution in [0.25, 0.3) is 0 Å². The summed E-state index contributed by atoms with van der Waals surface area (Å²) in [6, 6.07) is 0. The van der Waals surface area contributed by atoms with Crippen molar-refractivity contribution < 1.29 is 9.53 Å². The van der Waals surface area contributed by atoms with E-state index in [1.165, 1.54) is 19.5 Å². The zero-order chi connectivity index (χ0) is 13.7. The van der Waals surface area contributed by atoms with Crippen molar-refractivity contribution in [2.45, 2.75) is 6.42 Å². The molecule has 2 rings (SSSR count). The van der Waals surface area contributed by atoms with E-state index in [0.717, 1.165) is 12.2 Å². The summed E-state index contributed by atoms with van der Waals surface area (Å²) in [6.07, 6.45) is 7.34. The van der Waals surface area contributed by atoms with E-state index in [1.807, 2.05) is 17.8 Å². The number of aryl methyl sites for hydroxylation is 1. The van der Waals surface area contributed by atoms with Crippen molar-refractivity contribution in [2.75, 3.05) is 19.0 Å². The monoisotopic (exact) mass is 261 g/mol. The number of nitrogens with zero attached hydrogens (tertiary/aromatic N) is 4. The molecule has 0 aliphatic rings. The average molecular weight is 261 g/mol. The smallest absolute Gasteiger partial charge is 0.358 e. The lowest BCUT2D eigenvalue weighted by Crippen LogP contribution is -2.11. The first-order valence-electron chi connectivity index (χ1n) is 5.81. The molecule has 2 heterocycles. The Bertz CT molecular complexity index is 550. The summed E-state index contributed by atoms with van der Waals surface area (Å²) < 4.78 is 6.51. The lowest BCUT2D eigenvalue weighted by atomic mass is 10.4. The molecule has 7 heteroatoms. The molecule has 0 aliphatic carbocycles. The number of esters is 1. The van der Waals surface area contributed by atoms with Gasteiger partial charge in [-0.15, -0.1) is 0 Å². The Morgan fingerprint density at radius 1 is 1.37 bits per heavy atom. The molecule has 0 saturated carbocycles. The second kappa shape index (κ2) is 5.94. The minimum atomic E-state index is -0.493. The fraction of sp³-hybridized carbons (Fsp3) is 0.333. The van der Waals surface area contributed by atoms with Gasteiger partial charge in [-0.1, -0.05) is 0 Å². The van der Waals surface area contributed by atoms with Crippen molar-refractivity contribution >= 4 is 11.8 Å². The molecule has 0 fully saturated rings. The first-order chi connectivity index (χ1) is 9.20. The molecule has 19 heavy (non-hydrogen) atoms. The number of carbonyl (C=O) groups excluding carboxylic acids is 1. The van der Waals surface area contributed by atoms with Crippen LogP contribution in [0.3, 0.4) is 0 Å². The second-order valence-electron chi connectivity index (χ2n) is 3.91. The van der Waals surface area contributed by atoms with Gasteiger partial charge in [-0.25, -0.2) is 19.7 Å². The molecule has 2 aromatic heterocycles. The summed E-state index contributed by atoms with van der Waals surface area (Å²) in [4.78, 5) is 23.4. The van der Waals surface area contributed by atoms with E-state index >= 15 is 0 Å². The Morgan fingerprint density at radius 3 is 2.79 bits per heavy atom. The Labute approximate surface area is 110 Å². The summed E-state index contributed by atoms with van der Waals surface area (Å²) in [7, 11) is 3.26. The van der Waals surface area contributed by atoms with E-state index in [1.54, 1.807) is 6.20 Å². The third kappa shape index (κ3) is 3.27. The molecule has 2 aromatic rings. The van der Waals surface area contributed by atoms with Gasteiger partial charge in [-0.3, -0.25) is 0 Å². The third-order valence-electron chi connectivity index (χ3n) is 2.62. The SMILES string of the molecule is COC(=O)c1cnc(NCCc2nccn2C)cn1. The molecular formula is C12H15N5O2. The maximum absolute atomic E-state index is 11.2. The normalized spacial score (nSPS) is 10.2. The maximum atomic E-state index is 11.2. The highest BCUT2D eigenvalue weighted by Gasteiger charge is 2.07. The fourth-order valence-corrected chi connectivity index (χ4v) is 1.57. The van der Waals surface area contributed by atoms with Crippen LogP contribution in [0.15, 0.2) is 24.8 Å². The summed E-state index contributed by atoms with van der Waals surface area (Å²) in [5.41, 5.74) is 0.192. The predicted octanol–water partition coefficient (Wildman–Crippen LogP) is 0.651. The van der Waals surface area contributed by atoms with Crippen LogP contribution >= 0.6 is 0 Å². The van der Waals surface area contributed by atoms with Crippen LogP contribution in [0.4, 0.5) is 5.82 Å². The van der Waals surface area contributed by atoms with Gasteiger partial charge in [0.25, 0.3) is 0 Å². The van der Waals surface area contributed by atoms with Gasteiger partial charge in [0.05, 0.1) is 19.5 Å². The Morgan fingerprint density at radius 2 is 2.21 bits per heavy atom. The van der Waals surface area contributed by atoms with Gasteiger partial charge in [-0.2, -0.15) is 0 Å². The zero-order valence-electron chi connectivity index (χ0n) is 10.8. The molecule has 7 nitrogen and oxygen atoms in total. The quantitative estimate of drug-likeness (QED) is 0.796. The predicted molar refractivity (Wildman–Crippen MR) is 68.8 cm³/mol. The van der Waals surface area contributed by atoms with Gasteiger partial charge in [0.15, 0.2) is 5.69 Å². The first-order valence-corrected chi connectivity index (χ1v) is 5.81. The number of anilines is 1. The lowest BCUT2D eigenvalue weighted by molar-refractivity contribution is 0.0593. The molecule has 0 saturated heterocycles. The molecule has 0 radical (unpaired) electrons. The van der Waals surface area contributed by atoms with Gasteiger partial charge in [0.2, 0.25) is 0 Å². The van der Waals surface area contributed by atoms with Gasteiger partial charge in [-0.05, 0) is 0 Å². The summed E-state index contributed by atoms with van der Waals surface area (Å²) in [6.45, 7) is 0.692. The summed E-state index contributed by atoms with van der Waals surface area (Å²) in [5, 5.41) is 3.12. The van der Waals surface area contributed by atoms with Gasteiger partial charge in [0.1, 0.15) is 11.6 Å². The fourth-order valence-electron chi connectivity index (χ4n) is 1.57. The number of ether oxygens (including phenoxy) is 1. The van der Waals surface area contributed by atoms with Crippen molar-refractivity contribution in [3.63, 3.8) is 0 Å². The number of hydrogen-bond acceptors (Lipinski definition) is 6. The number of hydrogen-bond donors (Lipinski definition) is 1.